The maximum absolute atomic E-state index is 13.3. The zero-order valence-corrected chi connectivity index (χ0v) is 24.2. The number of rotatable bonds is 8. The average Bonchev–Trinajstić information content (AvgIpc) is 3.61. The van der Waals surface area contributed by atoms with Crippen LogP contribution in [0.15, 0.2) is 23.2 Å². The van der Waals surface area contributed by atoms with Gasteiger partial charge in [-0.1, -0.05) is 58.3 Å². The van der Waals surface area contributed by atoms with Crippen molar-refractivity contribution in [3.63, 3.8) is 0 Å². The number of aliphatic hydroxyl groups is 2. The van der Waals surface area contributed by atoms with Crippen LogP contribution < -0.4 is 10.6 Å². The summed E-state index contributed by atoms with van der Waals surface area (Å²) >= 11 is 1.66. The van der Waals surface area contributed by atoms with Crippen LogP contribution in [0.2, 0.25) is 0 Å². The van der Waals surface area contributed by atoms with Gasteiger partial charge < -0.3 is 20.8 Å². The quantitative estimate of drug-likeness (QED) is 0.399. The van der Waals surface area contributed by atoms with Gasteiger partial charge in [-0.25, -0.2) is 4.98 Å². The van der Waals surface area contributed by atoms with Gasteiger partial charge in [-0.3, -0.25) is 14.5 Å². The Hall–Kier alpha value is -2.07. The van der Waals surface area contributed by atoms with Crippen molar-refractivity contribution >= 4 is 28.7 Å². The maximum atomic E-state index is 13.3. The van der Waals surface area contributed by atoms with Gasteiger partial charge in [0.1, 0.15) is 6.23 Å². The van der Waals surface area contributed by atoms with Gasteiger partial charge in [-0.2, -0.15) is 0 Å². The number of likely N-dealkylation sites (tertiary alicyclic amines) is 1. The number of aromatic nitrogens is 1. The smallest absolute Gasteiger partial charge is 0.237 e. The Labute approximate surface area is 230 Å². The predicted octanol–water partition coefficient (Wildman–Crippen LogP) is 3.39. The molecule has 210 valence electrons. The zero-order chi connectivity index (χ0) is 27.6. The highest BCUT2D eigenvalue weighted by atomic mass is 32.1. The van der Waals surface area contributed by atoms with Crippen LogP contribution in [0.5, 0.6) is 0 Å². The number of thiazole rings is 1. The second kappa shape index (κ2) is 12.0. The van der Waals surface area contributed by atoms with Crippen molar-refractivity contribution in [1.82, 2.24) is 20.5 Å². The van der Waals surface area contributed by atoms with E-state index in [1.54, 1.807) is 16.2 Å². The molecule has 9 heteroatoms. The lowest BCUT2D eigenvalue weighted by atomic mass is 9.84. The number of β-amino-alcohol motifs (C(OH)–C–C–N with tert-alkyl or cyclic N) is 1. The van der Waals surface area contributed by atoms with E-state index in [1.165, 1.54) is 10.5 Å². The molecule has 5 atom stereocenters. The number of allylic oxidation sites excluding steroid dienone is 3. The number of aryl methyl sites for hydroxylation is 1. The number of carbonyl (C=O) groups excluding carboxylic acids is 2. The SMILES string of the molecule is Cc1ncsc1C1=CC=C(CNC(=O)[C@@H]2C[C@@H](O)CN2C(O)[C@@H](NC(=O)C2CCCC2)C(C)(C)C)CC1C. The van der Waals surface area contributed by atoms with E-state index in [0.717, 1.165) is 43.4 Å². The van der Waals surface area contributed by atoms with Crippen molar-refractivity contribution in [2.45, 2.75) is 97.6 Å². The number of amides is 2. The van der Waals surface area contributed by atoms with Crippen molar-refractivity contribution in [2.75, 3.05) is 13.1 Å². The summed E-state index contributed by atoms with van der Waals surface area (Å²) in [5, 5.41) is 28.1. The van der Waals surface area contributed by atoms with E-state index in [9.17, 15) is 19.8 Å². The fourth-order valence-corrected chi connectivity index (χ4v) is 6.99. The highest BCUT2D eigenvalue weighted by Gasteiger charge is 2.45. The number of nitrogens with zero attached hydrogens (tertiary/aromatic N) is 2. The minimum absolute atomic E-state index is 0.0176. The van der Waals surface area contributed by atoms with Gasteiger partial charge in [0.15, 0.2) is 0 Å². The standard InChI is InChI=1S/C29H44N4O4S/c1-17-12-19(10-11-22(17)24-18(2)31-16-38-24)14-30-27(36)23-13-21(34)15-33(23)28(37)25(29(3,4)5)32-26(35)20-8-6-7-9-20/h10-11,16-17,20-21,23,25,28,34,37H,6-9,12-15H2,1-5H3,(H,30,36)(H,32,35)/t17?,21-,23+,25-,28?/m1/s1. The third-order valence-electron chi connectivity index (χ3n) is 8.31. The molecule has 2 unspecified atom stereocenters. The van der Waals surface area contributed by atoms with Crippen molar-refractivity contribution in [3.05, 3.63) is 33.8 Å². The van der Waals surface area contributed by atoms with E-state index in [0.29, 0.717) is 12.5 Å². The molecule has 38 heavy (non-hydrogen) atoms. The zero-order valence-electron chi connectivity index (χ0n) is 23.4. The summed E-state index contributed by atoms with van der Waals surface area (Å²) in [5.41, 5.74) is 4.90. The Morgan fingerprint density at radius 1 is 1.21 bits per heavy atom. The Bertz CT molecular complexity index is 1070. The minimum Gasteiger partial charge on any atom is -0.392 e. The van der Waals surface area contributed by atoms with Crippen LogP contribution in [0.4, 0.5) is 0 Å². The van der Waals surface area contributed by atoms with Gasteiger partial charge >= 0.3 is 0 Å². The molecule has 0 radical (unpaired) electrons. The number of nitrogens with one attached hydrogen (secondary N) is 2. The summed E-state index contributed by atoms with van der Waals surface area (Å²) in [5.74, 6) is 0.0725. The van der Waals surface area contributed by atoms with Crippen LogP contribution in [0.1, 0.15) is 76.8 Å². The average molecular weight is 545 g/mol. The van der Waals surface area contributed by atoms with Crippen molar-refractivity contribution in [3.8, 4) is 0 Å². The Morgan fingerprint density at radius 3 is 2.53 bits per heavy atom. The first-order chi connectivity index (χ1) is 18.0. The number of carbonyl (C=O) groups is 2. The highest BCUT2D eigenvalue weighted by Crippen LogP contribution is 2.36. The monoisotopic (exact) mass is 544 g/mol. The lowest BCUT2D eigenvalue weighted by molar-refractivity contribution is -0.136. The summed E-state index contributed by atoms with van der Waals surface area (Å²) in [7, 11) is 0. The molecule has 2 fully saturated rings. The Morgan fingerprint density at radius 2 is 1.92 bits per heavy atom. The molecule has 4 rings (SSSR count). The molecule has 2 heterocycles. The summed E-state index contributed by atoms with van der Waals surface area (Å²) in [6.45, 7) is 10.8. The molecule has 8 nitrogen and oxygen atoms in total. The number of aliphatic hydroxyl groups excluding tert-OH is 2. The lowest BCUT2D eigenvalue weighted by Gasteiger charge is -2.41. The molecule has 2 amide bonds. The van der Waals surface area contributed by atoms with Crippen LogP contribution in [-0.2, 0) is 9.59 Å². The van der Waals surface area contributed by atoms with E-state index < -0.39 is 29.8 Å². The Balaban J connectivity index is 1.41. The topological polar surface area (TPSA) is 115 Å². The maximum Gasteiger partial charge on any atom is 0.237 e. The first-order valence-corrected chi connectivity index (χ1v) is 14.8. The molecular formula is C29H44N4O4S. The molecule has 0 aromatic carbocycles. The van der Waals surface area contributed by atoms with Crippen molar-refractivity contribution in [2.24, 2.45) is 17.3 Å². The van der Waals surface area contributed by atoms with E-state index >= 15 is 0 Å². The van der Waals surface area contributed by atoms with Crippen molar-refractivity contribution < 1.29 is 19.8 Å². The molecule has 1 aromatic rings. The van der Waals surface area contributed by atoms with Crippen LogP contribution in [0, 0.1) is 24.2 Å². The first-order valence-electron chi connectivity index (χ1n) is 14.0. The summed E-state index contributed by atoms with van der Waals surface area (Å²) < 4.78 is 0. The molecule has 2 aliphatic carbocycles. The highest BCUT2D eigenvalue weighted by molar-refractivity contribution is 7.10. The summed E-state index contributed by atoms with van der Waals surface area (Å²) in [4.78, 5) is 33.5. The Kier molecular flexibility index (Phi) is 9.12. The largest absolute Gasteiger partial charge is 0.392 e. The lowest BCUT2D eigenvalue weighted by Crippen LogP contribution is -2.60. The molecule has 1 aromatic heterocycles. The fourth-order valence-electron chi connectivity index (χ4n) is 6.05. The second-order valence-electron chi connectivity index (χ2n) is 12.4. The van der Waals surface area contributed by atoms with Gasteiger partial charge in [0.25, 0.3) is 0 Å². The van der Waals surface area contributed by atoms with Crippen LogP contribution >= 0.6 is 11.3 Å². The van der Waals surface area contributed by atoms with E-state index in [1.807, 2.05) is 33.2 Å². The molecule has 0 spiro atoms. The first kappa shape index (κ1) is 28.9. The number of hydrogen-bond donors (Lipinski definition) is 4. The van der Waals surface area contributed by atoms with E-state index in [-0.39, 0.29) is 30.7 Å². The normalized spacial score (nSPS) is 26.6. The third kappa shape index (κ3) is 6.55. The molecule has 1 saturated heterocycles. The van der Waals surface area contributed by atoms with Gasteiger partial charge in [-0.05, 0) is 49.5 Å². The third-order valence-corrected chi connectivity index (χ3v) is 9.29. The van der Waals surface area contributed by atoms with E-state index in [4.69, 9.17) is 0 Å². The second-order valence-corrected chi connectivity index (χ2v) is 13.2. The molecule has 1 aliphatic heterocycles. The molecular weight excluding hydrogens is 500 g/mol. The molecule has 0 bridgehead atoms. The van der Waals surface area contributed by atoms with Gasteiger partial charge in [0.05, 0.1) is 34.3 Å². The van der Waals surface area contributed by atoms with Crippen LogP contribution in [0.3, 0.4) is 0 Å². The van der Waals surface area contributed by atoms with Gasteiger partial charge in [0, 0.05) is 19.0 Å². The molecule has 1 saturated carbocycles. The van der Waals surface area contributed by atoms with Gasteiger partial charge in [-0.15, -0.1) is 11.3 Å². The predicted molar refractivity (Wildman–Crippen MR) is 150 cm³/mol. The van der Waals surface area contributed by atoms with Gasteiger partial charge in [0.2, 0.25) is 11.8 Å². The van der Waals surface area contributed by atoms with Crippen LogP contribution in [-0.4, -0.2) is 69.4 Å². The number of hydrogen-bond acceptors (Lipinski definition) is 7. The summed E-state index contributed by atoms with van der Waals surface area (Å²) in [6, 6.07) is -1.24. The fraction of sp³-hybridized carbons (Fsp3) is 0.690. The molecule has 4 N–H and O–H groups in total. The van der Waals surface area contributed by atoms with E-state index in [2.05, 4.69) is 34.7 Å². The summed E-state index contributed by atoms with van der Waals surface area (Å²) in [6.07, 6.45) is 7.37. The van der Waals surface area contributed by atoms with Crippen molar-refractivity contribution in [1.29, 1.82) is 0 Å². The minimum atomic E-state index is -1.09. The van der Waals surface area contributed by atoms with Crippen LogP contribution in [0.25, 0.3) is 5.57 Å². The molecule has 3 aliphatic rings.